The van der Waals surface area contributed by atoms with Crippen molar-refractivity contribution in [1.82, 2.24) is 10.2 Å². The van der Waals surface area contributed by atoms with E-state index in [4.69, 9.17) is 0 Å². The molecule has 19 heavy (non-hydrogen) atoms. The van der Waals surface area contributed by atoms with Gasteiger partial charge in [-0.25, -0.2) is 0 Å². The summed E-state index contributed by atoms with van der Waals surface area (Å²) in [6, 6.07) is 11.0. The quantitative estimate of drug-likeness (QED) is 0.896. The number of nitrogens with zero attached hydrogens (tertiary/aromatic N) is 1. The van der Waals surface area contributed by atoms with E-state index in [9.17, 15) is 4.79 Å². The smallest absolute Gasteiger partial charge is 0.224 e. The van der Waals surface area contributed by atoms with E-state index in [1.54, 1.807) is 0 Å². The molecule has 0 radical (unpaired) electrons. The number of likely N-dealkylation sites (tertiary alicyclic amines) is 1. The highest BCUT2D eigenvalue weighted by Crippen LogP contribution is 2.26. The third-order valence-electron chi connectivity index (χ3n) is 4.20. The maximum atomic E-state index is 12.2. The Balaban J connectivity index is 1.56. The molecule has 1 saturated heterocycles. The van der Waals surface area contributed by atoms with E-state index < -0.39 is 0 Å². The molecule has 1 saturated carbocycles. The lowest BCUT2D eigenvalue weighted by atomic mass is 9.97. The maximum absolute atomic E-state index is 12.2. The minimum absolute atomic E-state index is 0.171. The van der Waals surface area contributed by atoms with Crippen LogP contribution < -0.4 is 5.32 Å². The van der Waals surface area contributed by atoms with Crippen LogP contribution in [0.2, 0.25) is 0 Å². The van der Waals surface area contributed by atoms with E-state index in [1.807, 2.05) is 6.07 Å². The van der Waals surface area contributed by atoms with Crippen LogP contribution in [0.15, 0.2) is 30.3 Å². The summed E-state index contributed by atoms with van der Waals surface area (Å²) < 4.78 is 0. The largest absolute Gasteiger partial charge is 0.353 e. The molecule has 0 aromatic heterocycles. The van der Waals surface area contributed by atoms with Crippen molar-refractivity contribution < 1.29 is 4.79 Å². The Morgan fingerprint density at radius 1 is 1.26 bits per heavy atom. The molecule has 1 aromatic rings. The first-order valence-corrected chi connectivity index (χ1v) is 7.29. The lowest BCUT2D eigenvalue weighted by Crippen LogP contribution is -2.35. The summed E-state index contributed by atoms with van der Waals surface area (Å²) >= 11 is 0. The molecule has 2 aliphatic rings. The van der Waals surface area contributed by atoms with Crippen molar-refractivity contribution in [2.24, 2.45) is 11.8 Å². The van der Waals surface area contributed by atoms with Crippen molar-refractivity contribution in [2.75, 3.05) is 13.1 Å². The first-order chi connectivity index (χ1) is 9.22. The second kappa shape index (κ2) is 5.33. The van der Waals surface area contributed by atoms with Gasteiger partial charge in [-0.15, -0.1) is 0 Å². The molecule has 0 spiro atoms. The fourth-order valence-corrected chi connectivity index (χ4v) is 2.92. The summed E-state index contributed by atoms with van der Waals surface area (Å²) in [6.07, 6.45) is 2.33. The molecule has 1 heterocycles. The minimum Gasteiger partial charge on any atom is -0.353 e. The van der Waals surface area contributed by atoms with E-state index in [2.05, 4.69) is 41.4 Å². The molecule has 1 aliphatic carbocycles. The van der Waals surface area contributed by atoms with Gasteiger partial charge in [0.05, 0.1) is 5.92 Å². The summed E-state index contributed by atoms with van der Waals surface area (Å²) in [4.78, 5) is 14.6. The van der Waals surface area contributed by atoms with Crippen molar-refractivity contribution in [1.29, 1.82) is 0 Å². The van der Waals surface area contributed by atoms with E-state index in [0.717, 1.165) is 19.6 Å². The number of carbonyl (C=O) groups is 1. The molecular weight excluding hydrogens is 236 g/mol. The van der Waals surface area contributed by atoms with Crippen LogP contribution >= 0.6 is 0 Å². The summed E-state index contributed by atoms with van der Waals surface area (Å²) in [6.45, 7) is 5.08. The summed E-state index contributed by atoms with van der Waals surface area (Å²) in [5, 5.41) is 3.15. The number of nitrogens with one attached hydrogen (secondary N) is 1. The minimum atomic E-state index is 0.171. The van der Waals surface area contributed by atoms with Gasteiger partial charge in [0, 0.05) is 25.7 Å². The van der Waals surface area contributed by atoms with E-state index in [-0.39, 0.29) is 11.8 Å². The molecule has 0 unspecified atom stereocenters. The van der Waals surface area contributed by atoms with Crippen LogP contribution in [-0.2, 0) is 11.3 Å². The third kappa shape index (κ3) is 3.16. The van der Waals surface area contributed by atoms with Gasteiger partial charge in [0.1, 0.15) is 0 Å². The van der Waals surface area contributed by atoms with Crippen LogP contribution in [0.25, 0.3) is 0 Å². The van der Waals surface area contributed by atoms with E-state index in [0.29, 0.717) is 12.0 Å². The zero-order valence-corrected chi connectivity index (χ0v) is 11.5. The fraction of sp³-hybridized carbons (Fsp3) is 0.562. The Morgan fingerprint density at radius 3 is 2.68 bits per heavy atom. The Bertz CT molecular complexity index is 441. The summed E-state index contributed by atoms with van der Waals surface area (Å²) in [5.41, 5.74) is 1.33. The average molecular weight is 258 g/mol. The van der Waals surface area contributed by atoms with Crippen molar-refractivity contribution in [2.45, 2.75) is 32.4 Å². The maximum Gasteiger partial charge on any atom is 0.224 e. The highest BCUT2D eigenvalue weighted by molar-refractivity contribution is 5.80. The number of amides is 1. The van der Waals surface area contributed by atoms with Crippen LogP contribution in [-0.4, -0.2) is 29.9 Å². The van der Waals surface area contributed by atoms with Crippen LogP contribution in [0.3, 0.4) is 0 Å². The monoisotopic (exact) mass is 258 g/mol. The molecule has 1 amide bonds. The lowest BCUT2D eigenvalue weighted by Gasteiger charge is -2.16. The Morgan fingerprint density at radius 2 is 2.00 bits per heavy atom. The lowest BCUT2D eigenvalue weighted by molar-refractivity contribution is -0.125. The van der Waals surface area contributed by atoms with Crippen molar-refractivity contribution in [3.8, 4) is 0 Å². The number of hydrogen-bond acceptors (Lipinski definition) is 2. The molecule has 2 atom stereocenters. The van der Waals surface area contributed by atoms with Crippen LogP contribution in [0.4, 0.5) is 0 Å². The third-order valence-corrected chi connectivity index (χ3v) is 4.20. The van der Waals surface area contributed by atoms with Gasteiger partial charge < -0.3 is 5.32 Å². The van der Waals surface area contributed by atoms with Gasteiger partial charge in [-0.05, 0) is 24.3 Å². The zero-order valence-electron chi connectivity index (χ0n) is 11.5. The molecule has 1 aliphatic heterocycles. The molecular formula is C16H22N2O. The Labute approximate surface area is 115 Å². The fourth-order valence-electron chi connectivity index (χ4n) is 2.92. The van der Waals surface area contributed by atoms with Gasteiger partial charge in [-0.1, -0.05) is 37.3 Å². The summed E-state index contributed by atoms with van der Waals surface area (Å²) in [7, 11) is 0. The number of rotatable bonds is 4. The van der Waals surface area contributed by atoms with Gasteiger partial charge in [0.15, 0.2) is 0 Å². The molecule has 2 fully saturated rings. The number of carbonyl (C=O) groups excluding carboxylic acids is 1. The Hall–Kier alpha value is -1.35. The number of benzene rings is 1. The predicted octanol–water partition coefficient (Wildman–Crippen LogP) is 2.03. The zero-order chi connectivity index (χ0) is 13.2. The van der Waals surface area contributed by atoms with Gasteiger partial charge in [-0.3, -0.25) is 9.69 Å². The van der Waals surface area contributed by atoms with E-state index >= 15 is 0 Å². The first kappa shape index (κ1) is 12.7. The molecule has 0 bridgehead atoms. The SMILES string of the molecule is C[C@@H]1CN(Cc2ccccc2)C[C@H]1C(=O)NC1CC1. The van der Waals surface area contributed by atoms with Crippen LogP contribution in [0, 0.1) is 11.8 Å². The normalized spacial score (nSPS) is 27.4. The second-order valence-corrected chi connectivity index (χ2v) is 6.05. The van der Waals surface area contributed by atoms with Crippen molar-refractivity contribution in [3.05, 3.63) is 35.9 Å². The molecule has 3 rings (SSSR count). The van der Waals surface area contributed by atoms with Gasteiger partial charge in [-0.2, -0.15) is 0 Å². The van der Waals surface area contributed by atoms with Crippen LogP contribution in [0.1, 0.15) is 25.3 Å². The standard InChI is InChI=1S/C16H22N2O/c1-12-9-18(10-13-5-3-2-4-6-13)11-15(12)16(19)17-14-7-8-14/h2-6,12,14-15H,7-11H2,1H3,(H,17,19)/t12-,15-/m1/s1. The highest BCUT2D eigenvalue weighted by atomic mass is 16.2. The molecule has 3 nitrogen and oxygen atoms in total. The first-order valence-electron chi connectivity index (χ1n) is 7.29. The molecule has 1 aromatic carbocycles. The van der Waals surface area contributed by atoms with Crippen molar-refractivity contribution in [3.63, 3.8) is 0 Å². The number of hydrogen-bond donors (Lipinski definition) is 1. The van der Waals surface area contributed by atoms with Gasteiger partial charge in [0.25, 0.3) is 0 Å². The van der Waals surface area contributed by atoms with Crippen molar-refractivity contribution >= 4 is 5.91 Å². The topological polar surface area (TPSA) is 32.3 Å². The van der Waals surface area contributed by atoms with Crippen LogP contribution in [0.5, 0.6) is 0 Å². The Kier molecular flexibility index (Phi) is 3.56. The average Bonchev–Trinajstić information content (AvgIpc) is 3.13. The highest BCUT2D eigenvalue weighted by Gasteiger charge is 2.36. The summed E-state index contributed by atoms with van der Waals surface area (Å²) in [5.74, 6) is 0.900. The van der Waals surface area contributed by atoms with Gasteiger partial charge >= 0.3 is 0 Å². The van der Waals surface area contributed by atoms with E-state index in [1.165, 1.54) is 18.4 Å². The predicted molar refractivity (Wildman–Crippen MR) is 75.5 cm³/mol. The molecule has 1 N–H and O–H groups in total. The van der Waals surface area contributed by atoms with Gasteiger partial charge in [0.2, 0.25) is 5.91 Å². The second-order valence-electron chi connectivity index (χ2n) is 6.05. The molecule has 3 heteroatoms. The molecule has 102 valence electrons.